The van der Waals surface area contributed by atoms with E-state index in [0.29, 0.717) is 37.3 Å². The maximum absolute atomic E-state index is 12.4. The van der Waals surface area contributed by atoms with Gasteiger partial charge >= 0.3 is 0 Å². The van der Waals surface area contributed by atoms with Crippen LogP contribution in [0, 0.1) is 23.7 Å². The number of carbonyl (C=O) groups excluding carboxylic acids is 2. The zero-order chi connectivity index (χ0) is 43.7. The second kappa shape index (κ2) is 35.0. The number of hydrogen-bond donors (Lipinski definition) is 2. The average Bonchev–Trinajstić information content (AvgIpc) is 4.03. The molecule has 0 aromatic rings. The Morgan fingerprint density at radius 1 is 0.371 bits per heavy atom. The number of carbonyl (C=O) groups is 2. The molecule has 0 aromatic heterocycles. The molecule has 4 aliphatic heterocycles. The monoisotopic (exact) mass is 873 g/mol. The normalized spacial score (nSPS) is 21.9. The average molecular weight is 873 g/mol. The number of hydrogen-bond acceptors (Lipinski definition) is 6. The predicted molar refractivity (Wildman–Crippen MR) is 256 cm³/mol. The molecule has 4 rings (SSSR count). The van der Waals surface area contributed by atoms with E-state index in [4.69, 9.17) is 18.9 Å². The number of rotatable bonds is 47. The Balaban J connectivity index is 0.906. The summed E-state index contributed by atoms with van der Waals surface area (Å²) in [7, 11) is 0. The van der Waals surface area contributed by atoms with E-state index in [1.165, 1.54) is 167 Å². The van der Waals surface area contributed by atoms with Crippen LogP contribution in [0.2, 0.25) is 0 Å². The molecule has 8 atom stereocenters. The third-order valence-electron chi connectivity index (χ3n) is 14.8. The molecule has 2 amide bonds. The first-order chi connectivity index (χ1) is 30.5. The minimum absolute atomic E-state index is 0.210. The Labute approximate surface area is 382 Å². The molecule has 0 aliphatic carbocycles. The van der Waals surface area contributed by atoms with Gasteiger partial charge in [0.25, 0.3) is 0 Å². The van der Waals surface area contributed by atoms with Gasteiger partial charge in [0.05, 0.1) is 50.8 Å². The molecular weight excluding hydrogens is 773 g/mol. The summed E-state index contributed by atoms with van der Waals surface area (Å²) in [6.45, 7) is 10.0. The fourth-order valence-corrected chi connectivity index (χ4v) is 10.4. The fraction of sp³-hybridized carbons (Fsp3) is 0.963. The molecule has 0 radical (unpaired) electrons. The van der Waals surface area contributed by atoms with Crippen LogP contribution in [0.15, 0.2) is 0 Å². The van der Waals surface area contributed by atoms with Crippen LogP contribution >= 0.6 is 0 Å². The van der Waals surface area contributed by atoms with E-state index in [9.17, 15) is 9.59 Å². The third kappa shape index (κ3) is 29.3. The van der Waals surface area contributed by atoms with Crippen LogP contribution in [-0.4, -0.2) is 75.7 Å². The molecule has 4 heterocycles. The highest BCUT2D eigenvalue weighted by Gasteiger charge is 2.36. The van der Waals surface area contributed by atoms with Gasteiger partial charge in [0.15, 0.2) is 0 Å². The number of nitrogens with one attached hydrogen (secondary N) is 2. The summed E-state index contributed by atoms with van der Waals surface area (Å²) in [6, 6.07) is 0. The molecular formula is C54H100N2O6. The maximum atomic E-state index is 12.4. The molecule has 4 fully saturated rings. The third-order valence-corrected chi connectivity index (χ3v) is 14.8. The highest BCUT2D eigenvalue weighted by atomic mass is 16.6. The minimum Gasteiger partial charge on any atom is -0.373 e. The van der Waals surface area contributed by atoms with Crippen LogP contribution in [0.5, 0.6) is 0 Å². The van der Waals surface area contributed by atoms with E-state index < -0.39 is 0 Å². The second-order valence-electron chi connectivity index (χ2n) is 20.6. The van der Waals surface area contributed by atoms with Crippen molar-refractivity contribution >= 4 is 11.8 Å². The van der Waals surface area contributed by atoms with E-state index in [1.807, 2.05) is 0 Å². The lowest BCUT2D eigenvalue weighted by molar-refractivity contribution is -0.122. The number of amides is 2. The van der Waals surface area contributed by atoms with Crippen molar-refractivity contribution in [2.24, 2.45) is 23.7 Å². The summed E-state index contributed by atoms with van der Waals surface area (Å²) in [5, 5.41) is 6.28. The molecule has 62 heavy (non-hydrogen) atoms. The summed E-state index contributed by atoms with van der Waals surface area (Å²) < 4.78 is 22.8. The first kappa shape index (κ1) is 53.4. The van der Waals surface area contributed by atoms with Crippen molar-refractivity contribution in [3.63, 3.8) is 0 Å². The van der Waals surface area contributed by atoms with E-state index in [1.54, 1.807) is 0 Å². The Hall–Kier alpha value is -1.22. The first-order valence-corrected chi connectivity index (χ1v) is 27.5. The standard InChI is InChI=1S/C54H100N2O6/c1-3-5-7-9-13-21-29-45(37-49-41-59-49)47(39-51-43-61-51)31-23-15-11-17-25-33-53(57)55-35-27-19-20-28-36-56-54(58)34-26-18-12-16-24-32-48(40-52-44-62-52)46(38-50-42-60-50)30-22-14-10-8-6-4-2/h45-52H,3-44H2,1-2H3,(H,55,57)(H,56,58). The molecule has 0 spiro atoms. The van der Waals surface area contributed by atoms with Crippen molar-refractivity contribution < 1.29 is 28.5 Å². The summed E-state index contributed by atoms with van der Waals surface area (Å²) in [4.78, 5) is 24.8. The Morgan fingerprint density at radius 3 is 0.887 bits per heavy atom. The van der Waals surface area contributed by atoms with Crippen LogP contribution in [0.25, 0.3) is 0 Å². The Bertz CT molecular complexity index is 1010. The van der Waals surface area contributed by atoms with E-state index >= 15 is 0 Å². The van der Waals surface area contributed by atoms with Gasteiger partial charge in [-0.2, -0.15) is 0 Å². The largest absolute Gasteiger partial charge is 0.373 e. The lowest BCUT2D eigenvalue weighted by Crippen LogP contribution is -2.24. The Morgan fingerprint density at radius 2 is 0.613 bits per heavy atom. The van der Waals surface area contributed by atoms with Crippen molar-refractivity contribution in [3.05, 3.63) is 0 Å². The molecule has 0 bridgehead atoms. The predicted octanol–water partition coefficient (Wildman–Crippen LogP) is 13.4. The van der Waals surface area contributed by atoms with Crippen molar-refractivity contribution in [1.29, 1.82) is 0 Å². The van der Waals surface area contributed by atoms with Gasteiger partial charge in [-0.1, -0.05) is 181 Å². The van der Waals surface area contributed by atoms with Crippen LogP contribution < -0.4 is 10.6 Å². The molecule has 8 heteroatoms. The molecule has 4 aliphatic rings. The summed E-state index contributed by atoms with van der Waals surface area (Å²) in [6.07, 6.45) is 46.5. The van der Waals surface area contributed by atoms with Gasteiger partial charge in [-0.3, -0.25) is 9.59 Å². The smallest absolute Gasteiger partial charge is 0.219 e. The number of epoxide rings is 4. The van der Waals surface area contributed by atoms with Crippen LogP contribution in [0.3, 0.4) is 0 Å². The summed E-state index contributed by atoms with van der Waals surface area (Å²) in [5.41, 5.74) is 0. The fourth-order valence-electron chi connectivity index (χ4n) is 10.4. The van der Waals surface area contributed by atoms with Crippen LogP contribution in [0.1, 0.15) is 245 Å². The molecule has 4 saturated heterocycles. The topological polar surface area (TPSA) is 108 Å². The van der Waals surface area contributed by atoms with Gasteiger partial charge < -0.3 is 29.6 Å². The highest BCUT2D eigenvalue weighted by molar-refractivity contribution is 5.76. The molecule has 362 valence electrons. The summed E-state index contributed by atoms with van der Waals surface area (Å²) >= 11 is 0. The lowest BCUT2D eigenvalue weighted by atomic mass is 9.78. The van der Waals surface area contributed by atoms with Crippen molar-refractivity contribution in [1.82, 2.24) is 10.6 Å². The maximum Gasteiger partial charge on any atom is 0.219 e. The lowest BCUT2D eigenvalue weighted by Gasteiger charge is -2.27. The molecule has 0 saturated carbocycles. The Kier molecular flexibility index (Phi) is 30.2. The van der Waals surface area contributed by atoms with Crippen molar-refractivity contribution in [2.45, 2.75) is 269 Å². The van der Waals surface area contributed by atoms with Gasteiger partial charge in [0.1, 0.15) is 0 Å². The van der Waals surface area contributed by atoms with Gasteiger partial charge in [-0.05, 0) is 75.0 Å². The van der Waals surface area contributed by atoms with Gasteiger partial charge in [-0.15, -0.1) is 0 Å². The molecule has 0 aromatic carbocycles. The van der Waals surface area contributed by atoms with E-state index in [2.05, 4.69) is 24.5 Å². The minimum atomic E-state index is 0.210. The number of ether oxygens (including phenoxy) is 4. The molecule has 8 nitrogen and oxygen atoms in total. The zero-order valence-corrected chi connectivity index (χ0v) is 40.8. The van der Waals surface area contributed by atoms with Crippen molar-refractivity contribution in [2.75, 3.05) is 39.5 Å². The van der Waals surface area contributed by atoms with Crippen LogP contribution in [-0.2, 0) is 28.5 Å². The highest BCUT2D eigenvalue weighted by Crippen LogP contribution is 2.39. The zero-order valence-electron chi connectivity index (χ0n) is 40.8. The van der Waals surface area contributed by atoms with Gasteiger partial charge in [0, 0.05) is 25.9 Å². The second-order valence-corrected chi connectivity index (χ2v) is 20.6. The summed E-state index contributed by atoms with van der Waals surface area (Å²) in [5.74, 6) is 3.58. The van der Waals surface area contributed by atoms with Crippen molar-refractivity contribution in [3.8, 4) is 0 Å². The number of unbranched alkanes of at least 4 members (excludes halogenated alkanes) is 21. The first-order valence-electron chi connectivity index (χ1n) is 27.5. The molecule has 2 N–H and O–H groups in total. The molecule has 8 unspecified atom stereocenters. The SMILES string of the molecule is CCCCCCCCC(CC1CO1)C(CCCCCCCC(=O)NCCCCCCNC(=O)CCCCCCCC(CC1CO1)C(CCCCCCCC)CC1CO1)CC1CO1. The van der Waals surface area contributed by atoms with E-state index in [-0.39, 0.29) is 11.8 Å². The quantitative estimate of drug-likeness (QED) is 0.0466. The van der Waals surface area contributed by atoms with Gasteiger partial charge in [-0.25, -0.2) is 0 Å². The van der Waals surface area contributed by atoms with Crippen LogP contribution in [0.4, 0.5) is 0 Å². The van der Waals surface area contributed by atoms with E-state index in [0.717, 1.165) is 115 Å². The van der Waals surface area contributed by atoms with Gasteiger partial charge in [0.2, 0.25) is 11.8 Å².